The molecule has 0 radical (unpaired) electrons. The predicted octanol–water partition coefficient (Wildman–Crippen LogP) is 0.289. The highest BCUT2D eigenvalue weighted by molar-refractivity contribution is 6.32. The van der Waals surface area contributed by atoms with Crippen molar-refractivity contribution < 1.29 is 15.3 Å². The van der Waals surface area contributed by atoms with Crippen LogP contribution in [-0.4, -0.2) is 55.1 Å². The molecule has 8 nitrogen and oxygen atoms in total. The molecule has 2 aromatic heterocycles. The number of nitrogens with zero attached hydrogens (tertiary/aromatic N) is 3. The van der Waals surface area contributed by atoms with Crippen LogP contribution in [0.25, 0.3) is 11.3 Å². The van der Waals surface area contributed by atoms with Crippen molar-refractivity contribution in [2.24, 2.45) is 5.92 Å². The van der Waals surface area contributed by atoms with Crippen LogP contribution in [0.3, 0.4) is 0 Å². The summed E-state index contributed by atoms with van der Waals surface area (Å²) in [4.78, 5) is 12.4. The first kappa shape index (κ1) is 16.8. The Bertz CT molecular complexity index is 718. The monoisotopic (exact) mass is 351 g/mol. The van der Waals surface area contributed by atoms with Crippen molar-refractivity contribution in [2.45, 2.75) is 24.7 Å². The Kier molecular flexibility index (Phi) is 4.81. The van der Waals surface area contributed by atoms with E-state index >= 15 is 0 Å². The zero-order chi connectivity index (χ0) is 17.3. The molecule has 0 aliphatic heterocycles. The molecule has 2 aromatic rings. The molecule has 4 atom stereocenters. The topological polar surface area (TPSA) is 137 Å². The summed E-state index contributed by atoms with van der Waals surface area (Å²) in [6.07, 6.45) is -0.0711. The maximum atomic E-state index is 10.2. The number of halogens is 1. The van der Waals surface area contributed by atoms with Gasteiger partial charge in [-0.15, -0.1) is 0 Å². The van der Waals surface area contributed by atoms with Gasteiger partial charge in [-0.1, -0.05) is 17.7 Å². The fraction of sp³-hybridized carbons (Fsp3) is 0.400. The quantitative estimate of drug-likeness (QED) is 0.495. The van der Waals surface area contributed by atoms with Gasteiger partial charge >= 0.3 is 0 Å². The highest BCUT2D eigenvalue weighted by Crippen LogP contribution is 2.35. The minimum Gasteiger partial charge on any atom is -0.396 e. The van der Waals surface area contributed by atoms with Crippen molar-refractivity contribution in [3.63, 3.8) is 0 Å². The first-order valence-corrected chi connectivity index (χ1v) is 7.87. The molecule has 6 N–H and O–H groups in total. The van der Waals surface area contributed by atoms with E-state index in [2.05, 4.69) is 20.3 Å². The number of rotatable bonds is 4. The second kappa shape index (κ2) is 6.86. The third-order valence-electron chi connectivity index (χ3n) is 4.16. The van der Waals surface area contributed by atoms with E-state index in [1.165, 1.54) is 0 Å². The second-order valence-electron chi connectivity index (χ2n) is 5.72. The Balaban J connectivity index is 1.96. The zero-order valence-corrected chi connectivity index (χ0v) is 13.4. The molecule has 9 heteroatoms. The van der Waals surface area contributed by atoms with E-state index < -0.39 is 24.2 Å². The van der Waals surface area contributed by atoms with Crippen LogP contribution < -0.4 is 11.1 Å². The molecule has 2 heterocycles. The molecule has 24 heavy (non-hydrogen) atoms. The molecule has 1 aliphatic carbocycles. The lowest BCUT2D eigenvalue weighted by atomic mass is 10.1. The lowest BCUT2D eigenvalue weighted by molar-refractivity contribution is 0.00446. The Morgan fingerprint density at radius 3 is 2.67 bits per heavy atom. The predicted molar refractivity (Wildman–Crippen MR) is 89.3 cm³/mol. The molecule has 1 fully saturated rings. The van der Waals surface area contributed by atoms with Crippen LogP contribution in [0.4, 0.5) is 11.8 Å². The first-order chi connectivity index (χ1) is 11.5. The van der Waals surface area contributed by atoms with E-state index in [0.29, 0.717) is 23.5 Å². The van der Waals surface area contributed by atoms with Gasteiger partial charge in [-0.25, -0.2) is 4.98 Å². The van der Waals surface area contributed by atoms with Crippen molar-refractivity contribution in [2.75, 3.05) is 17.7 Å². The number of nitrogens with two attached hydrogens (primary N) is 1. The molecule has 0 spiro atoms. The van der Waals surface area contributed by atoms with Crippen LogP contribution in [0.5, 0.6) is 0 Å². The van der Waals surface area contributed by atoms with Gasteiger partial charge in [-0.2, -0.15) is 4.98 Å². The number of aliphatic hydroxyl groups excluding tert-OH is 3. The van der Waals surface area contributed by atoms with E-state index in [1.54, 1.807) is 24.4 Å². The van der Waals surface area contributed by atoms with E-state index in [0.717, 1.165) is 0 Å². The van der Waals surface area contributed by atoms with Crippen LogP contribution in [0.1, 0.15) is 6.42 Å². The largest absolute Gasteiger partial charge is 0.396 e. The minimum absolute atomic E-state index is 0.0195. The van der Waals surface area contributed by atoms with Crippen LogP contribution in [-0.2, 0) is 0 Å². The summed E-state index contributed by atoms with van der Waals surface area (Å²) >= 11 is 6.21. The maximum absolute atomic E-state index is 10.2. The fourth-order valence-electron chi connectivity index (χ4n) is 2.92. The zero-order valence-electron chi connectivity index (χ0n) is 12.7. The van der Waals surface area contributed by atoms with Gasteiger partial charge in [0.2, 0.25) is 5.95 Å². The summed E-state index contributed by atoms with van der Waals surface area (Å²) < 4.78 is 0. The highest BCUT2D eigenvalue weighted by atomic mass is 35.5. The van der Waals surface area contributed by atoms with Gasteiger partial charge < -0.3 is 26.4 Å². The average Bonchev–Trinajstić information content (AvgIpc) is 2.83. The average molecular weight is 352 g/mol. The Hall–Kier alpha value is -2.00. The van der Waals surface area contributed by atoms with Crippen molar-refractivity contribution in [3.8, 4) is 11.3 Å². The van der Waals surface area contributed by atoms with Gasteiger partial charge in [-0.05, 0) is 18.6 Å². The molecule has 0 bridgehead atoms. The third kappa shape index (κ3) is 3.13. The van der Waals surface area contributed by atoms with Crippen molar-refractivity contribution in [3.05, 3.63) is 29.5 Å². The molecule has 128 valence electrons. The number of nitrogen functional groups attached to an aromatic ring is 1. The summed E-state index contributed by atoms with van der Waals surface area (Å²) in [6, 6.07) is 4.81. The SMILES string of the molecule is Nc1nc(Cl)c(-c2ccccn2)c(N[C@@H]2C[C@H](CO)[C@@H](O)[C@H]2O)n1. The lowest BCUT2D eigenvalue weighted by Crippen LogP contribution is -2.35. The maximum Gasteiger partial charge on any atom is 0.223 e. The number of hydrogen-bond donors (Lipinski definition) is 5. The third-order valence-corrected chi connectivity index (χ3v) is 4.44. The summed E-state index contributed by atoms with van der Waals surface area (Å²) in [5.41, 5.74) is 6.69. The molecule has 0 saturated heterocycles. The molecule has 1 saturated carbocycles. The Morgan fingerprint density at radius 2 is 2.04 bits per heavy atom. The van der Waals surface area contributed by atoms with Gasteiger partial charge in [0.05, 0.1) is 23.4 Å². The lowest BCUT2D eigenvalue weighted by Gasteiger charge is -2.20. The van der Waals surface area contributed by atoms with Crippen molar-refractivity contribution in [1.29, 1.82) is 0 Å². The molecule has 0 amide bonds. The second-order valence-corrected chi connectivity index (χ2v) is 6.08. The Labute approximate surface area is 143 Å². The van der Waals surface area contributed by atoms with Gasteiger partial charge in [0.1, 0.15) is 17.1 Å². The smallest absolute Gasteiger partial charge is 0.223 e. The number of nitrogens with one attached hydrogen (secondary N) is 1. The van der Waals surface area contributed by atoms with Gasteiger partial charge in [0, 0.05) is 18.7 Å². The van der Waals surface area contributed by atoms with E-state index in [-0.39, 0.29) is 17.7 Å². The van der Waals surface area contributed by atoms with Gasteiger partial charge in [0.25, 0.3) is 0 Å². The van der Waals surface area contributed by atoms with Gasteiger partial charge in [0.15, 0.2) is 0 Å². The molecular formula is C15H18ClN5O3. The molecule has 1 aliphatic rings. The normalized spacial score (nSPS) is 26.5. The molecule has 3 rings (SSSR count). The van der Waals surface area contributed by atoms with E-state index in [1.807, 2.05) is 0 Å². The first-order valence-electron chi connectivity index (χ1n) is 7.49. The van der Waals surface area contributed by atoms with Crippen molar-refractivity contribution >= 4 is 23.4 Å². The summed E-state index contributed by atoms with van der Waals surface area (Å²) in [6.45, 7) is -0.212. The van der Waals surface area contributed by atoms with Crippen LogP contribution >= 0.6 is 11.6 Å². The number of hydrogen-bond acceptors (Lipinski definition) is 8. The number of aromatic nitrogens is 3. The van der Waals surface area contributed by atoms with Crippen LogP contribution in [0, 0.1) is 5.92 Å². The van der Waals surface area contributed by atoms with Crippen molar-refractivity contribution in [1.82, 2.24) is 15.0 Å². The summed E-state index contributed by atoms with van der Waals surface area (Å²) in [5, 5.41) is 32.6. The number of anilines is 2. The number of aliphatic hydroxyl groups is 3. The highest BCUT2D eigenvalue weighted by Gasteiger charge is 2.41. The van der Waals surface area contributed by atoms with Crippen LogP contribution in [0.2, 0.25) is 5.15 Å². The van der Waals surface area contributed by atoms with E-state index in [4.69, 9.17) is 17.3 Å². The minimum atomic E-state index is -1.05. The summed E-state index contributed by atoms with van der Waals surface area (Å²) in [7, 11) is 0. The number of pyridine rings is 1. The van der Waals surface area contributed by atoms with Gasteiger partial charge in [-0.3, -0.25) is 4.98 Å². The molecule has 0 unspecified atom stereocenters. The standard InChI is InChI=1S/C15H18ClN5O3/c16-13-10(8-3-1-2-4-18-8)14(21-15(17)20-13)19-9-5-7(6-22)11(23)12(9)24/h1-4,7,9,11-12,22-24H,5-6H2,(H3,17,19,20,21)/t7-,9-,11-,12+/m1/s1. The molecule has 0 aromatic carbocycles. The fourth-order valence-corrected chi connectivity index (χ4v) is 3.19. The Morgan fingerprint density at radius 1 is 1.25 bits per heavy atom. The summed E-state index contributed by atoms with van der Waals surface area (Å²) in [5.74, 6) is -0.111. The van der Waals surface area contributed by atoms with Crippen LogP contribution in [0.15, 0.2) is 24.4 Å². The van der Waals surface area contributed by atoms with E-state index in [9.17, 15) is 15.3 Å². The molecular weight excluding hydrogens is 334 g/mol.